The van der Waals surface area contributed by atoms with Crippen molar-refractivity contribution in [3.8, 4) is 5.88 Å². The lowest BCUT2D eigenvalue weighted by molar-refractivity contribution is -0.139. The summed E-state index contributed by atoms with van der Waals surface area (Å²) in [6.45, 7) is 10.1. The third-order valence-corrected chi connectivity index (χ3v) is 4.34. The third-order valence-electron chi connectivity index (χ3n) is 4.34. The second kappa shape index (κ2) is 8.59. The van der Waals surface area contributed by atoms with Crippen LogP contribution < -0.4 is 9.64 Å². The van der Waals surface area contributed by atoms with E-state index in [2.05, 4.69) is 23.8 Å². The van der Waals surface area contributed by atoms with Crippen molar-refractivity contribution in [2.45, 2.75) is 59.2 Å². The molecule has 0 amide bonds. The summed E-state index contributed by atoms with van der Waals surface area (Å²) in [6.07, 6.45) is -3.58. The topological polar surface area (TPSA) is 38.2 Å². The van der Waals surface area contributed by atoms with Crippen LogP contribution in [0, 0.1) is 0 Å². The van der Waals surface area contributed by atoms with Crippen molar-refractivity contribution >= 4 is 11.6 Å². The van der Waals surface area contributed by atoms with Gasteiger partial charge in [0, 0.05) is 18.4 Å². The van der Waals surface area contributed by atoms with E-state index in [1.807, 2.05) is 38.1 Å². The van der Waals surface area contributed by atoms with Crippen LogP contribution in [-0.4, -0.2) is 22.6 Å². The molecule has 7 heteroatoms. The number of ether oxygens (including phenoxy) is 1. The molecule has 1 unspecified atom stereocenters. The predicted molar refractivity (Wildman–Crippen MR) is 101 cm³/mol. The van der Waals surface area contributed by atoms with Gasteiger partial charge in [-0.15, -0.1) is 0 Å². The molecule has 1 heterocycles. The fourth-order valence-corrected chi connectivity index (χ4v) is 2.54. The Kier molecular flexibility index (Phi) is 6.68. The van der Waals surface area contributed by atoms with E-state index >= 15 is 0 Å². The quantitative estimate of drug-likeness (QED) is 0.594. The van der Waals surface area contributed by atoms with Crippen LogP contribution in [0.15, 0.2) is 30.5 Å². The highest BCUT2D eigenvalue weighted by Gasteiger charge is 2.37. The molecule has 27 heavy (non-hydrogen) atoms. The molecule has 0 aliphatic heterocycles. The van der Waals surface area contributed by atoms with E-state index in [4.69, 9.17) is 4.74 Å². The minimum atomic E-state index is -4.57. The second-order valence-corrected chi connectivity index (χ2v) is 6.72. The minimum Gasteiger partial charge on any atom is -0.474 e. The molecule has 0 saturated heterocycles. The van der Waals surface area contributed by atoms with Gasteiger partial charge in [0.05, 0.1) is 6.10 Å². The monoisotopic (exact) mass is 381 g/mol. The van der Waals surface area contributed by atoms with E-state index in [-0.39, 0.29) is 12.1 Å². The summed E-state index contributed by atoms with van der Waals surface area (Å²) >= 11 is 0. The first-order chi connectivity index (χ1) is 12.7. The van der Waals surface area contributed by atoms with E-state index in [1.165, 1.54) is 0 Å². The number of alkyl halides is 3. The zero-order valence-electron chi connectivity index (χ0n) is 16.3. The number of anilines is 2. The lowest BCUT2D eigenvalue weighted by Gasteiger charge is -2.24. The molecule has 148 valence electrons. The van der Waals surface area contributed by atoms with Crippen LogP contribution in [0.5, 0.6) is 5.88 Å². The average Bonchev–Trinajstić information content (AvgIpc) is 2.61. The molecule has 0 aliphatic rings. The fourth-order valence-electron chi connectivity index (χ4n) is 2.54. The van der Waals surface area contributed by atoms with Gasteiger partial charge in [-0.2, -0.15) is 18.2 Å². The maximum absolute atomic E-state index is 13.3. The van der Waals surface area contributed by atoms with Gasteiger partial charge < -0.3 is 9.64 Å². The van der Waals surface area contributed by atoms with Gasteiger partial charge in [0.25, 0.3) is 0 Å². The molecule has 0 aliphatic carbocycles. The number of benzene rings is 1. The van der Waals surface area contributed by atoms with Gasteiger partial charge in [0.15, 0.2) is 0 Å². The zero-order chi connectivity index (χ0) is 20.2. The Morgan fingerprint density at radius 3 is 2.41 bits per heavy atom. The number of nitrogens with zero attached hydrogens (tertiary/aromatic N) is 3. The van der Waals surface area contributed by atoms with Crippen molar-refractivity contribution in [1.82, 2.24) is 9.97 Å². The molecule has 0 fully saturated rings. The first-order valence-corrected chi connectivity index (χ1v) is 9.15. The van der Waals surface area contributed by atoms with Crippen molar-refractivity contribution in [2.24, 2.45) is 0 Å². The molecular weight excluding hydrogens is 355 g/mol. The first kappa shape index (κ1) is 21.0. The Balaban J connectivity index is 2.49. The van der Waals surface area contributed by atoms with Crippen molar-refractivity contribution < 1.29 is 17.9 Å². The Morgan fingerprint density at radius 2 is 1.85 bits per heavy atom. The SMILES string of the molecule is CCC(C)Oc1nc(N(CC)c2cccc(C(C)C)c2)ncc1C(F)(F)F. The minimum absolute atomic E-state index is 0.185. The van der Waals surface area contributed by atoms with Gasteiger partial charge >= 0.3 is 6.18 Å². The summed E-state index contributed by atoms with van der Waals surface area (Å²) in [4.78, 5) is 9.87. The van der Waals surface area contributed by atoms with Crippen molar-refractivity contribution in [2.75, 3.05) is 11.4 Å². The van der Waals surface area contributed by atoms with Crippen molar-refractivity contribution in [3.05, 3.63) is 41.6 Å². The molecule has 0 saturated carbocycles. The summed E-state index contributed by atoms with van der Waals surface area (Å²) in [5.74, 6) is 0.0894. The van der Waals surface area contributed by atoms with Crippen LogP contribution in [-0.2, 0) is 6.18 Å². The number of aromatic nitrogens is 2. The van der Waals surface area contributed by atoms with Crippen LogP contribution in [0.3, 0.4) is 0 Å². The maximum Gasteiger partial charge on any atom is 0.423 e. The second-order valence-electron chi connectivity index (χ2n) is 6.72. The van der Waals surface area contributed by atoms with Crippen LogP contribution in [0.25, 0.3) is 0 Å². The Labute approximate surface area is 158 Å². The summed E-state index contributed by atoms with van der Waals surface area (Å²) in [7, 11) is 0. The summed E-state index contributed by atoms with van der Waals surface area (Å²) < 4.78 is 45.4. The zero-order valence-corrected chi connectivity index (χ0v) is 16.3. The lowest BCUT2D eigenvalue weighted by Crippen LogP contribution is -2.22. The van der Waals surface area contributed by atoms with Crippen LogP contribution >= 0.6 is 0 Å². The summed E-state index contributed by atoms with van der Waals surface area (Å²) in [6, 6.07) is 7.84. The highest BCUT2D eigenvalue weighted by molar-refractivity contribution is 5.59. The number of rotatable bonds is 7. The average molecular weight is 381 g/mol. The van der Waals surface area contributed by atoms with E-state index in [1.54, 1.807) is 11.8 Å². The largest absolute Gasteiger partial charge is 0.474 e. The van der Waals surface area contributed by atoms with E-state index in [0.29, 0.717) is 18.9 Å². The molecule has 2 aromatic rings. The summed E-state index contributed by atoms with van der Waals surface area (Å²) in [5, 5.41) is 0. The molecule has 0 N–H and O–H groups in total. The molecule has 0 spiro atoms. The van der Waals surface area contributed by atoms with Crippen LogP contribution in [0.2, 0.25) is 0 Å². The van der Waals surface area contributed by atoms with Gasteiger partial charge in [-0.25, -0.2) is 4.98 Å². The van der Waals surface area contributed by atoms with Crippen LogP contribution in [0.1, 0.15) is 58.1 Å². The number of hydrogen-bond acceptors (Lipinski definition) is 4. The smallest absolute Gasteiger partial charge is 0.423 e. The molecule has 1 atom stereocenters. The van der Waals surface area contributed by atoms with Crippen molar-refractivity contribution in [1.29, 1.82) is 0 Å². The van der Waals surface area contributed by atoms with E-state index in [9.17, 15) is 13.2 Å². The van der Waals surface area contributed by atoms with Crippen LogP contribution in [0.4, 0.5) is 24.8 Å². The van der Waals surface area contributed by atoms with Gasteiger partial charge in [-0.1, -0.05) is 32.9 Å². The molecule has 2 rings (SSSR count). The molecular formula is C20H26F3N3O. The van der Waals surface area contributed by atoms with Gasteiger partial charge in [-0.05, 0) is 43.9 Å². The fraction of sp³-hybridized carbons (Fsp3) is 0.500. The number of halogens is 3. The first-order valence-electron chi connectivity index (χ1n) is 9.15. The Bertz CT molecular complexity index is 762. The normalized spacial score (nSPS) is 12.9. The predicted octanol–water partition coefficient (Wildman–Crippen LogP) is 5.95. The molecule has 1 aromatic heterocycles. The van der Waals surface area contributed by atoms with E-state index < -0.39 is 17.6 Å². The highest BCUT2D eigenvalue weighted by Crippen LogP contribution is 2.37. The molecule has 0 bridgehead atoms. The van der Waals surface area contributed by atoms with Gasteiger partial charge in [0.2, 0.25) is 11.8 Å². The molecule has 4 nitrogen and oxygen atoms in total. The number of hydrogen-bond donors (Lipinski definition) is 0. The highest BCUT2D eigenvalue weighted by atomic mass is 19.4. The maximum atomic E-state index is 13.3. The van der Waals surface area contributed by atoms with Gasteiger partial charge in [0.1, 0.15) is 5.56 Å². The van der Waals surface area contributed by atoms with Crippen molar-refractivity contribution in [3.63, 3.8) is 0 Å². The summed E-state index contributed by atoms with van der Waals surface area (Å²) in [5.41, 5.74) is 1.01. The lowest BCUT2D eigenvalue weighted by atomic mass is 10.0. The third kappa shape index (κ3) is 5.11. The Hall–Kier alpha value is -2.31. The standard InChI is InChI=1S/C20H26F3N3O/c1-6-14(5)27-18-17(20(21,22)23)12-24-19(25-18)26(7-2)16-10-8-9-15(11-16)13(3)4/h8-14H,6-7H2,1-5H3. The molecule has 1 aromatic carbocycles. The van der Waals surface area contributed by atoms with E-state index in [0.717, 1.165) is 17.4 Å². The molecule has 0 radical (unpaired) electrons. The Morgan fingerprint density at radius 1 is 1.15 bits per heavy atom. The van der Waals surface area contributed by atoms with Gasteiger partial charge in [-0.3, -0.25) is 0 Å².